The molecule has 0 heterocycles. The van der Waals surface area contributed by atoms with Crippen LogP contribution in [0.15, 0.2) is 30.3 Å². The van der Waals surface area contributed by atoms with Gasteiger partial charge in [0.25, 0.3) is 0 Å². The molecule has 1 aromatic carbocycles. The first-order valence-electron chi connectivity index (χ1n) is 5.96. The maximum absolute atomic E-state index is 10.3. The molecule has 1 heteroatoms. The Kier molecular flexibility index (Phi) is 4.83. The highest BCUT2D eigenvalue weighted by Gasteiger charge is 2.22. The molecule has 0 radical (unpaired) electrons. The minimum Gasteiger partial charge on any atom is -0.390 e. The molecule has 0 saturated carbocycles. The second-order valence-electron chi connectivity index (χ2n) is 4.31. The third-order valence-corrected chi connectivity index (χ3v) is 3.10. The standard InChI is InChI=1S/C14H22O/c1-3-11-14(15,4-2)12-10-13-8-6-5-7-9-13/h5-9,15H,3-4,10-12H2,1-2H3. The van der Waals surface area contributed by atoms with Crippen molar-refractivity contribution in [1.82, 2.24) is 0 Å². The van der Waals surface area contributed by atoms with Crippen LogP contribution in [0, 0.1) is 0 Å². The Morgan fingerprint density at radius 2 is 1.73 bits per heavy atom. The van der Waals surface area contributed by atoms with Crippen molar-refractivity contribution in [3.05, 3.63) is 35.9 Å². The summed E-state index contributed by atoms with van der Waals surface area (Å²) in [5.74, 6) is 0. The summed E-state index contributed by atoms with van der Waals surface area (Å²) < 4.78 is 0. The van der Waals surface area contributed by atoms with E-state index in [4.69, 9.17) is 0 Å². The molecule has 0 aliphatic heterocycles. The molecule has 0 aromatic heterocycles. The molecule has 84 valence electrons. The van der Waals surface area contributed by atoms with Crippen molar-refractivity contribution < 1.29 is 5.11 Å². The Hall–Kier alpha value is -0.820. The van der Waals surface area contributed by atoms with E-state index in [0.717, 1.165) is 32.1 Å². The van der Waals surface area contributed by atoms with E-state index in [1.807, 2.05) is 6.07 Å². The SMILES string of the molecule is CCCC(O)(CC)CCc1ccccc1. The molecule has 1 nitrogen and oxygen atoms in total. The van der Waals surface area contributed by atoms with E-state index in [9.17, 15) is 5.11 Å². The van der Waals surface area contributed by atoms with E-state index in [-0.39, 0.29) is 0 Å². The highest BCUT2D eigenvalue weighted by molar-refractivity contribution is 5.15. The lowest BCUT2D eigenvalue weighted by Crippen LogP contribution is -2.28. The van der Waals surface area contributed by atoms with Crippen molar-refractivity contribution >= 4 is 0 Å². The zero-order chi connectivity index (χ0) is 11.1. The number of aryl methyl sites for hydroxylation is 1. The quantitative estimate of drug-likeness (QED) is 0.754. The van der Waals surface area contributed by atoms with Crippen LogP contribution in [-0.2, 0) is 6.42 Å². The first-order valence-corrected chi connectivity index (χ1v) is 5.96. The van der Waals surface area contributed by atoms with Gasteiger partial charge < -0.3 is 5.11 Å². The van der Waals surface area contributed by atoms with E-state index in [0.29, 0.717) is 0 Å². The van der Waals surface area contributed by atoms with Crippen LogP contribution in [0.3, 0.4) is 0 Å². The average molecular weight is 206 g/mol. The van der Waals surface area contributed by atoms with Crippen molar-refractivity contribution in [3.8, 4) is 0 Å². The fraction of sp³-hybridized carbons (Fsp3) is 0.571. The molecule has 0 aliphatic carbocycles. The number of aliphatic hydroxyl groups is 1. The molecular weight excluding hydrogens is 184 g/mol. The van der Waals surface area contributed by atoms with E-state index in [1.165, 1.54) is 5.56 Å². The zero-order valence-electron chi connectivity index (χ0n) is 9.87. The minimum absolute atomic E-state index is 0.454. The second-order valence-corrected chi connectivity index (χ2v) is 4.31. The van der Waals surface area contributed by atoms with Crippen LogP contribution >= 0.6 is 0 Å². The lowest BCUT2D eigenvalue weighted by Gasteiger charge is -2.26. The van der Waals surface area contributed by atoms with Gasteiger partial charge in [0.15, 0.2) is 0 Å². The Balaban J connectivity index is 2.47. The van der Waals surface area contributed by atoms with Gasteiger partial charge in [-0.1, -0.05) is 50.6 Å². The summed E-state index contributed by atoms with van der Waals surface area (Å²) in [6, 6.07) is 10.4. The Morgan fingerprint density at radius 3 is 2.27 bits per heavy atom. The van der Waals surface area contributed by atoms with Crippen molar-refractivity contribution in [2.45, 2.75) is 51.6 Å². The van der Waals surface area contributed by atoms with Crippen molar-refractivity contribution in [2.24, 2.45) is 0 Å². The highest BCUT2D eigenvalue weighted by atomic mass is 16.3. The zero-order valence-corrected chi connectivity index (χ0v) is 9.87. The fourth-order valence-electron chi connectivity index (χ4n) is 1.97. The predicted molar refractivity (Wildman–Crippen MR) is 64.9 cm³/mol. The van der Waals surface area contributed by atoms with Crippen molar-refractivity contribution in [1.29, 1.82) is 0 Å². The van der Waals surface area contributed by atoms with Gasteiger partial charge in [0.2, 0.25) is 0 Å². The van der Waals surface area contributed by atoms with Crippen molar-refractivity contribution in [2.75, 3.05) is 0 Å². The van der Waals surface area contributed by atoms with Gasteiger partial charge in [-0.3, -0.25) is 0 Å². The van der Waals surface area contributed by atoms with Crippen LogP contribution in [0.1, 0.15) is 45.1 Å². The number of rotatable bonds is 6. The van der Waals surface area contributed by atoms with E-state index < -0.39 is 5.60 Å². The number of hydrogen-bond donors (Lipinski definition) is 1. The Morgan fingerprint density at radius 1 is 1.07 bits per heavy atom. The smallest absolute Gasteiger partial charge is 0.0648 e. The minimum atomic E-state index is -0.454. The summed E-state index contributed by atoms with van der Waals surface area (Å²) in [4.78, 5) is 0. The molecule has 0 amide bonds. The monoisotopic (exact) mass is 206 g/mol. The van der Waals surface area contributed by atoms with Gasteiger partial charge in [-0.25, -0.2) is 0 Å². The first kappa shape index (κ1) is 12.3. The van der Waals surface area contributed by atoms with Gasteiger partial charge in [-0.2, -0.15) is 0 Å². The molecule has 1 rings (SSSR count). The molecule has 1 atom stereocenters. The van der Waals surface area contributed by atoms with Gasteiger partial charge in [0, 0.05) is 0 Å². The van der Waals surface area contributed by atoms with E-state index in [2.05, 4.69) is 38.1 Å². The van der Waals surface area contributed by atoms with Crippen LogP contribution in [0.25, 0.3) is 0 Å². The van der Waals surface area contributed by atoms with Gasteiger partial charge in [-0.05, 0) is 31.2 Å². The Labute approximate surface area is 93.1 Å². The second kappa shape index (κ2) is 5.92. The predicted octanol–water partition coefficient (Wildman–Crippen LogP) is 3.56. The summed E-state index contributed by atoms with van der Waals surface area (Å²) in [5, 5.41) is 10.3. The van der Waals surface area contributed by atoms with Crippen molar-refractivity contribution in [3.63, 3.8) is 0 Å². The van der Waals surface area contributed by atoms with Gasteiger partial charge >= 0.3 is 0 Å². The van der Waals surface area contributed by atoms with Gasteiger partial charge in [0.1, 0.15) is 0 Å². The highest BCUT2D eigenvalue weighted by Crippen LogP contribution is 2.23. The third-order valence-electron chi connectivity index (χ3n) is 3.10. The van der Waals surface area contributed by atoms with Gasteiger partial charge in [0.05, 0.1) is 5.60 Å². The number of benzene rings is 1. The van der Waals surface area contributed by atoms with E-state index in [1.54, 1.807) is 0 Å². The molecule has 0 saturated heterocycles. The molecule has 1 unspecified atom stereocenters. The molecular formula is C14H22O. The topological polar surface area (TPSA) is 20.2 Å². The fourth-order valence-corrected chi connectivity index (χ4v) is 1.97. The molecule has 1 aromatic rings. The normalized spacial score (nSPS) is 14.9. The van der Waals surface area contributed by atoms with Crippen LogP contribution in [-0.4, -0.2) is 10.7 Å². The van der Waals surface area contributed by atoms with Gasteiger partial charge in [-0.15, -0.1) is 0 Å². The van der Waals surface area contributed by atoms with E-state index >= 15 is 0 Å². The maximum atomic E-state index is 10.3. The lowest BCUT2D eigenvalue weighted by atomic mass is 9.88. The maximum Gasteiger partial charge on any atom is 0.0648 e. The Bertz CT molecular complexity index is 268. The summed E-state index contributed by atoms with van der Waals surface area (Å²) in [5.41, 5.74) is 0.866. The van der Waals surface area contributed by atoms with Crippen LogP contribution < -0.4 is 0 Å². The molecule has 0 fully saturated rings. The molecule has 0 aliphatic rings. The first-order chi connectivity index (χ1) is 7.20. The summed E-state index contributed by atoms with van der Waals surface area (Å²) in [6.45, 7) is 4.20. The molecule has 1 N–H and O–H groups in total. The molecule has 15 heavy (non-hydrogen) atoms. The molecule has 0 bridgehead atoms. The lowest BCUT2D eigenvalue weighted by molar-refractivity contribution is 0.0185. The van der Waals surface area contributed by atoms with Crippen LogP contribution in [0.5, 0.6) is 0 Å². The summed E-state index contributed by atoms with van der Waals surface area (Å²) in [7, 11) is 0. The largest absolute Gasteiger partial charge is 0.390 e. The molecule has 0 spiro atoms. The summed E-state index contributed by atoms with van der Waals surface area (Å²) >= 11 is 0. The van der Waals surface area contributed by atoms with Crippen LogP contribution in [0.4, 0.5) is 0 Å². The third kappa shape index (κ3) is 4.05. The van der Waals surface area contributed by atoms with Crippen LogP contribution in [0.2, 0.25) is 0 Å². The average Bonchev–Trinajstić information content (AvgIpc) is 2.28. The summed E-state index contributed by atoms with van der Waals surface area (Å²) in [6.07, 6.45) is 4.68. The number of hydrogen-bond acceptors (Lipinski definition) is 1.